The Balaban J connectivity index is 3.00. The van der Waals surface area contributed by atoms with Crippen molar-refractivity contribution in [2.75, 3.05) is 5.73 Å². The van der Waals surface area contributed by atoms with Crippen LogP contribution in [0.4, 0.5) is 5.13 Å². The number of amides is 1. The molecule has 0 atom stereocenters. The number of hydrogen-bond donors (Lipinski definition) is 2. The summed E-state index contributed by atoms with van der Waals surface area (Å²) >= 11 is 1.18. The number of carbonyl (C=O) groups is 1. The molecule has 14 heavy (non-hydrogen) atoms. The van der Waals surface area contributed by atoms with Gasteiger partial charge in [0.1, 0.15) is 12.0 Å². The summed E-state index contributed by atoms with van der Waals surface area (Å²) < 4.78 is 0. The molecular formula is C7H8N4O2S. The van der Waals surface area contributed by atoms with Crippen molar-refractivity contribution < 1.29 is 9.63 Å². The summed E-state index contributed by atoms with van der Waals surface area (Å²) in [6, 6.07) is 0. The first-order valence-electron chi connectivity index (χ1n) is 3.51. The number of thiazole rings is 1. The summed E-state index contributed by atoms with van der Waals surface area (Å²) in [5, 5.41) is 5.33. The smallest absolute Gasteiger partial charge is 0.273 e. The van der Waals surface area contributed by atoms with Gasteiger partial charge in [-0.1, -0.05) is 11.7 Å². The van der Waals surface area contributed by atoms with E-state index in [1.807, 2.05) is 0 Å². The molecule has 0 radical (unpaired) electrons. The molecule has 6 nitrogen and oxygen atoms in total. The van der Waals surface area contributed by atoms with E-state index < -0.39 is 5.91 Å². The van der Waals surface area contributed by atoms with E-state index in [1.54, 1.807) is 5.38 Å². The lowest BCUT2D eigenvalue weighted by atomic mass is 10.3. The Kier molecular flexibility index (Phi) is 3.19. The highest BCUT2D eigenvalue weighted by Crippen LogP contribution is 2.11. The fraction of sp³-hybridized carbons (Fsp3) is 0. The van der Waals surface area contributed by atoms with Gasteiger partial charge in [-0.25, -0.2) is 4.98 Å². The molecule has 0 aliphatic carbocycles. The Morgan fingerprint density at radius 3 is 2.93 bits per heavy atom. The molecule has 0 bridgehead atoms. The van der Waals surface area contributed by atoms with Crippen LogP contribution in [-0.2, 0) is 9.63 Å². The van der Waals surface area contributed by atoms with Gasteiger partial charge >= 0.3 is 0 Å². The lowest BCUT2D eigenvalue weighted by Crippen LogP contribution is -2.24. The van der Waals surface area contributed by atoms with E-state index in [1.165, 1.54) is 11.3 Å². The van der Waals surface area contributed by atoms with Gasteiger partial charge in [0.2, 0.25) is 0 Å². The molecule has 0 fully saturated rings. The first-order chi connectivity index (χ1) is 6.65. The first-order valence-corrected chi connectivity index (χ1v) is 4.39. The maximum absolute atomic E-state index is 10.9. The molecule has 0 aliphatic rings. The molecule has 1 heterocycles. The van der Waals surface area contributed by atoms with Crippen molar-refractivity contribution in [3.63, 3.8) is 0 Å². The molecule has 0 saturated carbocycles. The molecular weight excluding hydrogens is 204 g/mol. The lowest BCUT2D eigenvalue weighted by molar-refractivity contribution is -0.112. The van der Waals surface area contributed by atoms with Crippen LogP contribution in [0.5, 0.6) is 0 Å². The molecule has 4 N–H and O–H groups in total. The number of aromatic nitrogens is 1. The number of anilines is 1. The maximum Gasteiger partial charge on any atom is 0.273 e. The molecule has 0 saturated heterocycles. The standard InChI is InChI=1S/C7H8N4O2S/c1-2-13-11-5(6(8)12)4-3-14-7(9)10-4/h2-3H,1H2,(H2,8,12)(H2,9,10)/b11-5-. The Hall–Kier alpha value is -1.89. The fourth-order valence-corrected chi connectivity index (χ4v) is 1.25. The maximum atomic E-state index is 10.9. The normalized spacial score (nSPS) is 11.0. The van der Waals surface area contributed by atoms with Crippen LogP contribution < -0.4 is 11.5 Å². The molecule has 1 aromatic heterocycles. The summed E-state index contributed by atoms with van der Waals surface area (Å²) in [5.41, 5.74) is 10.7. The number of nitrogens with two attached hydrogens (primary N) is 2. The molecule has 1 rings (SSSR count). The van der Waals surface area contributed by atoms with Crippen LogP contribution in [0, 0.1) is 0 Å². The topological polar surface area (TPSA) is 104 Å². The lowest BCUT2D eigenvalue weighted by Gasteiger charge is -1.95. The summed E-state index contributed by atoms with van der Waals surface area (Å²) in [4.78, 5) is 19.2. The van der Waals surface area contributed by atoms with Gasteiger partial charge in [0.05, 0.1) is 0 Å². The number of primary amides is 1. The van der Waals surface area contributed by atoms with Crippen molar-refractivity contribution in [1.82, 2.24) is 4.98 Å². The molecule has 0 aromatic carbocycles. The Labute approximate surface area is 83.9 Å². The second kappa shape index (κ2) is 4.38. The van der Waals surface area contributed by atoms with Gasteiger partial charge < -0.3 is 16.3 Å². The highest BCUT2D eigenvalue weighted by atomic mass is 32.1. The number of nitrogens with zero attached hydrogens (tertiary/aromatic N) is 2. The second-order valence-corrected chi connectivity index (χ2v) is 3.04. The van der Waals surface area contributed by atoms with Crippen LogP contribution in [0.2, 0.25) is 0 Å². The van der Waals surface area contributed by atoms with Crippen LogP contribution >= 0.6 is 11.3 Å². The van der Waals surface area contributed by atoms with Gasteiger partial charge in [-0.3, -0.25) is 4.79 Å². The highest BCUT2D eigenvalue weighted by molar-refractivity contribution is 7.13. The van der Waals surface area contributed by atoms with E-state index in [4.69, 9.17) is 11.5 Å². The third-order valence-electron chi connectivity index (χ3n) is 1.22. The zero-order valence-electron chi connectivity index (χ0n) is 7.14. The van der Waals surface area contributed by atoms with Crippen LogP contribution in [0.15, 0.2) is 23.4 Å². The van der Waals surface area contributed by atoms with Crippen LogP contribution in [0.25, 0.3) is 0 Å². The summed E-state index contributed by atoms with van der Waals surface area (Å²) in [6.07, 6.45) is 1.07. The van der Waals surface area contributed by atoms with Gasteiger partial charge in [-0.2, -0.15) is 0 Å². The first kappa shape index (κ1) is 10.2. The minimum atomic E-state index is -0.739. The van der Waals surface area contributed by atoms with Gasteiger partial charge in [0, 0.05) is 5.38 Å². The van der Waals surface area contributed by atoms with Crippen molar-refractivity contribution in [2.45, 2.75) is 0 Å². The minimum Gasteiger partial charge on any atom is -0.375 e. The summed E-state index contributed by atoms with van der Waals surface area (Å²) in [6.45, 7) is 3.27. The van der Waals surface area contributed by atoms with E-state index >= 15 is 0 Å². The van der Waals surface area contributed by atoms with Crippen molar-refractivity contribution in [2.24, 2.45) is 10.9 Å². The quantitative estimate of drug-likeness (QED) is 0.419. The number of oxime groups is 1. The van der Waals surface area contributed by atoms with Gasteiger partial charge in [0.15, 0.2) is 10.8 Å². The molecule has 0 unspecified atom stereocenters. The SMILES string of the molecule is C=CO/N=C(\C(N)=O)c1csc(N)n1. The van der Waals surface area contributed by atoms with E-state index in [0.29, 0.717) is 10.8 Å². The van der Waals surface area contributed by atoms with Crippen molar-refractivity contribution in [1.29, 1.82) is 0 Å². The molecule has 1 aromatic rings. The van der Waals surface area contributed by atoms with Gasteiger partial charge in [-0.05, 0) is 0 Å². The third-order valence-corrected chi connectivity index (χ3v) is 1.89. The second-order valence-electron chi connectivity index (χ2n) is 2.15. The van der Waals surface area contributed by atoms with Crippen LogP contribution in [0.3, 0.4) is 0 Å². The Morgan fingerprint density at radius 1 is 1.79 bits per heavy atom. The average molecular weight is 212 g/mol. The van der Waals surface area contributed by atoms with E-state index in [2.05, 4.69) is 21.6 Å². The molecule has 74 valence electrons. The average Bonchev–Trinajstić information content (AvgIpc) is 2.52. The number of rotatable bonds is 4. The third kappa shape index (κ3) is 2.30. The van der Waals surface area contributed by atoms with Gasteiger partial charge in [0.25, 0.3) is 5.91 Å². The summed E-state index contributed by atoms with van der Waals surface area (Å²) in [5.74, 6) is -0.739. The molecule has 0 spiro atoms. The zero-order chi connectivity index (χ0) is 10.6. The van der Waals surface area contributed by atoms with Crippen LogP contribution in [-0.4, -0.2) is 16.6 Å². The molecule has 1 amide bonds. The van der Waals surface area contributed by atoms with Crippen LogP contribution in [0.1, 0.15) is 5.69 Å². The predicted molar refractivity (Wildman–Crippen MR) is 53.5 cm³/mol. The van der Waals surface area contributed by atoms with Crippen molar-refractivity contribution in [3.8, 4) is 0 Å². The van der Waals surface area contributed by atoms with E-state index in [0.717, 1.165) is 6.26 Å². The minimum absolute atomic E-state index is 0.0853. The van der Waals surface area contributed by atoms with Gasteiger partial charge in [-0.15, -0.1) is 11.3 Å². The predicted octanol–water partition coefficient (Wildman–Crippen LogP) is 0.0748. The number of hydrogen-bond acceptors (Lipinski definition) is 6. The monoisotopic (exact) mass is 212 g/mol. The van der Waals surface area contributed by atoms with E-state index in [-0.39, 0.29) is 5.71 Å². The summed E-state index contributed by atoms with van der Waals surface area (Å²) in [7, 11) is 0. The van der Waals surface area contributed by atoms with E-state index in [9.17, 15) is 4.79 Å². The fourth-order valence-electron chi connectivity index (χ4n) is 0.704. The largest absolute Gasteiger partial charge is 0.375 e. The molecule has 0 aliphatic heterocycles. The Bertz CT molecular complexity index is 385. The molecule has 7 heteroatoms. The number of nitrogen functional groups attached to an aromatic ring is 1. The zero-order valence-corrected chi connectivity index (χ0v) is 7.95. The highest BCUT2D eigenvalue weighted by Gasteiger charge is 2.14. The number of carbonyl (C=O) groups excluding carboxylic acids is 1. The Morgan fingerprint density at radius 2 is 2.50 bits per heavy atom. The van der Waals surface area contributed by atoms with Crippen molar-refractivity contribution in [3.05, 3.63) is 23.9 Å². The van der Waals surface area contributed by atoms with Crippen molar-refractivity contribution >= 4 is 28.1 Å².